The fourth-order valence-corrected chi connectivity index (χ4v) is 3.04. The van der Waals surface area contributed by atoms with Crippen LogP contribution in [0.3, 0.4) is 0 Å². The molecule has 140 valence electrons. The predicted octanol–water partition coefficient (Wildman–Crippen LogP) is 2.83. The van der Waals surface area contributed by atoms with E-state index in [0.717, 1.165) is 16.9 Å². The third kappa shape index (κ3) is 4.34. The SMILES string of the molecule is COc1ccc(C)cc1CN(C)C(=O)CCc1nc2ccccc2c(=O)[nH]1. The van der Waals surface area contributed by atoms with Gasteiger partial charge in [-0.1, -0.05) is 29.8 Å². The Morgan fingerprint density at radius 2 is 2.00 bits per heavy atom. The second kappa shape index (κ2) is 8.03. The van der Waals surface area contributed by atoms with Gasteiger partial charge in [-0.05, 0) is 25.1 Å². The van der Waals surface area contributed by atoms with E-state index in [4.69, 9.17) is 4.74 Å². The lowest BCUT2D eigenvalue weighted by atomic mass is 10.1. The first kappa shape index (κ1) is 18.6. The molecule has 6 nitrogen and oxygen atoms in total. The van der Waals surface area contributed by atoms with Gasteiger partial charge in [0.05, 0.1) is 18.0 Å². The van der Waals surface area contributed by atoms with Gasteiger partial charge in [0.25, 0.3) is 5.56 Å². The van der Waals surface area contributed by atoms with Crippen LogP contribution in [0.2, 0.25) is 0 Å². The average Bonchev–Trinajstić information content (AvgIpc) is 2.66. The summed E-state index contributed by atoms with van der Waals surface area (Å²) < 4.78 is 5.38. The Bertz CT molecular complexity index is 1030. The molecule has 0 radical (unpaired) electrons. The highest BCUT2D eigenvalue weighted by molar-refractivity contribution is 5.78. The van der Waals surface area contributed by atoms with Crippen molar-refractivity contribution in [1.29, 1.82) is 0 Å². The number of ether oxygens (including phenoxy) is 1. The number of hydrogen-bond donors (Lipinski definition) is 1. The van der Waals surface area contributed by atoms with Crippen LogP contribution in [-0.2, 0) is 17.8 Å². The van der Waals surface area contributed by atoms with Gasteiger partial charge in [-0.3, -0.25) is 9.59 Å². The molecule has 0 saturated heterocycles. The average molecular weight is 365 g/mol. The van der Waals surface area contributed by atoms with Crippen LogP contribution in [0.1, 0.15) is 23.4 Å². The van der Waals surface area contributed by atoms with Gasteiger partial charge in [-0.25, -0.2) is 4.98 Å². The molecule has 0 spiro atoms. The molecule has 3 rings (SSSR count). The Morgan fingerprint density at radius 3 is 2.78 bits per heavy atom. The van der Waals surface area contributed by atoms with E-state index in [9.17, 15) is 9.59 Å². The second-order valence-electron chi connectivity index (χ2n) is 6.59. The van der Waals surface area contributed by atoms with Gasteiger partial charge in [0.1, 0.15) is 11.6 Å². The van der Waals surface area contributed by atoms with Crippen molar-refractivity contribution in [3.8, 4) is 5.75 Å². The Hall–Kier alpha value is -3.15. The summed E-state index contributed by atoms with van der Waals surface area (Å²) in [5.74, 6) is 1.27. The van der Waals surface area contributed by atoms with Crippen LogP contribution in [0, 0.1) is 6.92 Å². The topological polar surface area (TPSA) is 75.3 Å². The van der Waals surface area contributed by atoms with E-state index in [0.29, 0.717) is 29.7 Å². The van der Waals surface area contributed by atoms with E-state index in [1.54, 1.807) is 37.3 Å². The number of nitrogens with zero attached hydrogens (tertiary/aromatic N) is 2. The number of para-hydroxylation sites is 1. The van der Waals surface area contributed by atoms with E-state index in [1.165, 1.54) is 0 Å². The van der Waals surface area contributed by atoms with Crippen LogP contribution in [0.4, 0.5) is 0 Å². The van der Waals surface area contributed by atoms with Crippen LogP contribution < -0.4 is 10.3 Å². The highest BCUT2D eigenvalue weighted by atomic mass is 16.5. The number of aryl methyl sites for hydroxylation is 2. The van der Waals surface area contributed by atoms with Gasteiger partial charge < -0.3 is 14.6 Å². The van der Waals surface area contributed by atoms with Crippen molar-refractivity contribution in [2.75, 3.05) is 14.2 Å². The highest BCUT2D eigenvalue weighted by Gasteiger charge is 2.13. The zero-order chi connectivity index (χ0) is 19.4. The summed E-state index contributed by atoms with van der Waals surface area (Å²) in [6.45, 7) is 2.47. The summed E-state index contributed by atoms with van der Waals surface area (Å²) >= 11 is 0. The van der Waals surface area contributed by atoms with Crippen molar-refractivity contribution in [2.45, 2.75) is 26.3 Å². The molecule has 27 heavy (non-hydrogen) atoms. The van der Waals surface area contributed by atoms with Crippen molar-refractivity contribution in [2.24, 2.45) is 0 Å². The number of hydrogen-bond acceptors (Lipinski definition) is 4. The maximum Gasteiger partial charge on any atom is 0.258 e. The number of H-pyrrole nitrogens is 1. The van der Waals surface area contributed by atoms with E-state index in [-0.39, 0.29) is 17.9 Å². The zero-order valence-corrected chi connectivity index (χ0v) is 15.8. The summed E-state index contributed by atoms with van der Waals surface area (Å²) in [5.41, 5.74) is 2.54. The molecule has 0 aliphatic carbocycles. The Kier molecular flexibility index (Phi) is 5.54. The standard InChI is InChI=1S/C21H23N3O3/c1-14-8-9-18(27-3)15(12-14)13-24(2)20(25)11-10-19-22-17-7-5-4-6-16(17)21(26)23-19/h4-9,12H,10-11,13H2,1-3H3,(H,22,23,26). The van der Waals surface area contributed by atoms with Crippen molar-refractivity contribution < 1.29 is 9.53 Å². The lowest BCUT2D eigenvalue weighted by Gasteiger charge is -2.19. The first-order valence-electron chi connectivity index (χ1n) is 8.83. The number of amides is 1. The van der Waals surface area contributed by atoms with E-state index in [2.05, 4.69) is 9.97 Å². The minimum absolute atomic E-state index is 0.0191. The molecule has 6 heteroatoms. The Labute approximate surface area is 157 Å². The molecule has 0 fully saturated rings. The molecule has 1 heterocycles. The van der Waals surface area contributed by atoms with Crippen molar-refractivity contribution in [1.82, 2.24) is 14.9 Å². The number of benzene rings is 2. The fourth-order valence-electron chi connectivity index (χ4n) is 3.04. The molecule has 0 bridgehead atoms. The normalized spacial score (nSPS) is 10.8. The maximum absolute atomic E-state index is 12.5. The number of fused-ring (bicyclic) bond motifs is 1. The van der Waals surface area contributed by atoms with Crippen LogP contribution in [0.25, 0.3) is 10.9 Å². The van der Waals surface area contributed by atoms with Gasteiger partial charge in [0.15, 0.2) is 0 Å². The molecule has 1 amide bonds. The van der Waals surface area contributed by atoms with Crippen LogP contribution in [0.5, 0.6) is 5.75 Å². The third-order valence-corrected chi connectivity index (χ3v) is 4.51. The summed E-state index contributed by atoms with van der Waals surface area (Å²) in [6, 6.07) is 13.1. The molecular weight excluding hydrogens is 342 g/mol. The number of rotatable bonds is 6. The maximum atomic E-state index is 12.5. The van der Waals surface area contributed by atoms with Crippen LogP contribution >= 0.6 is 0 Å². The molecule has 2 aromatic carbocycles. The summed E-state index contributed by atoms with van der Waals surface area (Å²) in [4.78, 5) is 33.5. The van der Waals surface area contributed by atoms with Gasteiger partial charge >= 0.3 is 0 Å². The molecule has 0 aliphatic heterocycles. The van der Waals surface area contributed by atoms with E-state index in [1.807, 2.05) is 31.2 Å². The van der Waals surface area contributed by atoms with E-state index >= 15 is 0 Å². The predicted molar refractivity (Wildman–Crippen MR) is 105 cm³/mol. The van der Waals surface area contributed by atoms with E-state index < -0.39 is 0 Å². The molecule has 0 unspecified atom stereocenters. The lowest BCUT2D eigenvalue weighted by Crippen LogP contribution is -2.27. The summed E-state index contributed by atoms with van der Waals surface area (Å²) in [6.07, 6.45) is 0.653. The van der Waals surface area contributed by atoms with Crippen molar-refractivity contribution in [3.05, 3.63) is 69.8 Å². The number of aromatic amines is 1. The van der Waals surface area contributed by atoms with Gasteiger partial charge in [-0.15, -0.1) is 0 Å². The molecule has 1 N–H and O–H groups in total. The molecule has 3 aromatic rings. The molecule has 1 aromatic heterocycles. The smallest absolute Gasteiger partial charge is 0.258 e. The van der Waals surface area contributed by atoms with Gasteiger partial charge in [0, 0.05) is 32.0 Å². The molecule has 0 aliphatic rings. The largest absolute Gasteiger partial charge is 0.496 e. The number of aromatic nitrogens is 2. The number of carbonyl (C=O) groups is 1. The number of carbonyl (C=O) groups excluding carboxylic acids is 1. The third-order valence-electron chi connectivity index (χ3n) is 4.51. The van der Waals surface area contributed by atoms with Gasteiger partial charge in [-0.2, -0.15) is 0 Å². The second-order valence-corrected chi connectivity index (χ2v) is 6.59. The minimum atomic E-state index is -0.180. The molecule has 0 atom stereocenters. The summed E-state index contributed by atoms with van der Waals surface area (Å²) in [7, 11) is 3.39. The van der Waals surface area contributed by atoms with Crippen molar-refractivity contribution >= 4 is 16.8 Å². The Morgan fingerprint density at radius 1 is 1.22 bits per heavy atom. The lowest BCUT2D eigenvalue weighted by molar-refractivity contribution is -0.130. The number of methoxy groups -OCH3 is 1. The quantitative estimate of drug-likeness (QED) is 0.729. The van der Waals surface area contributed by atoms with Crippen LogP contribution in [-0.4, -0.2) is 34.9 Å². The highest BCUT2D eigenvalue weighted by Crippen LogP contribution is 2.21. The minimum Gasteiger partial charge on any atom is -0.496 e. The molecular formula is C21H23N3O3. The Balaban J connectivity index is 1.67. The number of nitrogens with one attached hydrogen (secondary N) is 1. The summed E-state index contributed by atoms with van der Waals surface area (Å²) in [5, 5.41) is 0.552. The van der Waals surface area contributed by atoms with Crippen molar-refractivity contribution in [3.63, 3.8) is 0 Å². The monoisotopic (exact) mass is 365 g/mol. The molecule has 0 saturated carbocycles. The first-order chi connectivity index (χ1) is 13.0. The van der Waals surface area contributed by atoms with Crippen LogP contribution in [0.15, 0.2) is 47.3 Å². The first-order valence-corrected chi connectivity index (χ1v) is 8.83. The fraction of sp³-hybridized carbons (Fsp3) is 0.286. The van der Waals surface area contributed by atoms with Gasteiger partial charge in [0.2, 0.25) is 5.91 Å². The zero-order valence-electron chi connectivity index (χ0n) is 15.8.